The SMILES string of the molecule is CCN(Cc1ccccc1)C(=O)COC(=O)C=Cc1cccc(Cl)c1. The Morgan fingerprint density at radius 3 is 2.56 bits per heavy atom. The molecule has 0 unspecified atom stereocenters. The molecule has 2 aromatic rings. The Bertz CT molecular complexity index is 744. The molecule has 0 radical (unpaired) electrons. The quantitative estimate of drug-likeness (QED) is 0.557. The number of likely N-dealkylation sites (N-methyl/N-ethyl adjacent to an activating group) is 1. The van der Waals surface area contributed by atoms with Gasteiger partial charge in [0.15, 0.2) is 6.61 Å². The van der Waals surface area contributed by atoms with E-state index in [1.807, 2.05) is 43.3 Å². The highest BCUT2D eigenvalue weighted by atomic mass is 35.5. The minimum Gasteiger partial charge on any atom is -0.452 e. The number of amides is 1. The zero-order chi connectivity index (χ0) is 18.1. The van der Waals surface area contributed by atoms with Gasteiger partial charge >= 0.3 is 5.97 Å². The lowest BCUT2D eigenvalue weighted by Gasteiger charge is -2.20. The Morgan fingerprint density at radius 2 is 1.88 bits per heavy atom. The molecule has 2 aromatic carbocycles. The number of benzene rings is 2. The fraction of sp³-hybridized carbons (Fsp3) is 0.200. The van der Waals surface area contributed by atoms with Gasteiger partial charge in [-0.3, -0.25) is 4.79 Å². The van der Waals surface area contributed by atoms with Crippen LogP contribution in [0.4, 0.5) is 0 Å². The number of hydrogen-bond donors (Lipinski definition) is 0. The van der Waals surface area contributed by atoms with E-state index in [2.05, 4.69) is 0 Å². The van der Waals surface area contributed by atoms with Gasteiger partial charge in [-0.15, -0.1) is 0 Å². The van der Waals surface area contributed by atoms with Gasteiger partial charge in [-0.1, -0.05) is 54.1 Å². The van der Waals surface area contributed by atoms with Crippen molar-refractivity contribution in [2.75, 3.05) is 13.2 Å². The molecule has 0 N–H and O–H groups in total. The van der Waals surface area contributed by atoms with Crippen molar-refractivity contribution in [2.24, 2.45) is 0 Å². The molecule has 0 saturated heterocycles. The molecular weight excluding hydrogens is 338 g/mol. The molecule has 0 spiro atoms. The van der Waals surface area contributed by atoms with Crippen molar-refractivity contribution in [3.63, 3.8) is 0 Å². The molecule has 0 aliphatic heterocycles. The molecule has 0 aliphatic rings. The van der Waals surface area contributed by atoms with Crippen LogP contribution in [-0.2, 0) is 20.9 Å². The van der Waals surface area contributed by atoms with E-state index in [0.29, 0.717) is 18.1 Å². The number of carbonyl (C=O) groups excluding carboxylic acids is 2. The smallest absolute Gasteiger partial charge is 0.331 e. The molecule has 25 heavy (non-hydrogen) atoms. The van der Waals surface area contributed by atoms with E-state index in [-0.39, 0.29) is 12.5 Å². The molecule has 0 atom stereocenters. The maximum atomic E-state index is 12.2. The molecule has 0 heterocycles. The normalized spacial score (nSPS) is 10.6. The molecular formula is C20H20ClNO3. The number of ether oxygens (including phenoxy) is 1. The van der Waals surface area contributed by atoms with Crippen molar-refractivity contribution >= 4 is 29.6 Å². The highest BCUT2D eigenvalue weighted by Gasteiger charge is 2.13. The van der Waals surface area contributed by atoms with E-state index >= 15 is 0 Å². The van der Waals surface area contributed by atoms with Crippen molar-refractivity contribution in [3.8, 4) is 0 Å². The Labute approximate surface area is 152 Å². The summed E-state index contributed by atoms with van der Waals surface area (Å²) in [4.78, 5) is 25.6. The summed E-state index contributed by atoms with van der Waals surface area (Å²) >= 11 is 5.88. The first-order chi connectivity index (χ1) is 12.1. The average molecular weight is 358 g/mol. The maximum absolute atomic E-state index is 12.2. The van der Waals surface area contributed by atoms with Gasteiger partial charge in [0.25, 0.3) is 5.91 Å². The standard InChI is InChI=1S/C20H20ClNO3/c1-2-22(14-17-7-4-3-5-8-17)19(23)15-25-20(24)12-11-16-9-6-10-18(21)13-16/h3-13H,2,14-15H2,1H3. The first-order valence-corrected chi connectivity index (χ1v) is 8.38. The fourth-order valence-electron chi connectivity index (χ4n) is 2.23. The van der Waals surface area contributed by atoms with E-state index in [9.17, 15) is 9.59 Å². The molecule has 2 rings (SSSR count). The monoisotopic (exact) mass is 357 g/mol. The zero-order valence-corrected chi connectivity index (χ0v) is 14.8. The van der Waals surface area contributed by atoms with Crippen LogP contribution in [0, 0.1) is 0 Å². The number of hydrogen-bond acceptors (Lipinski definition) is 3. The van der Waals surface area contributed by atoms with Crippen molar-refractivity contribution in [1.29, 1.82) is 0 Å². The second kappa shape index (κ2) is 9.64. The third kappa shape index (κ3) is 6.43. The molecule has 0 bridgehead atoms. The maximum Gasteiger partial charge on any atom is 0.331 e. The summed E-state index contributed by atoms with van der Waals surface area (Å²) in [6.45, 7) is 2.65. The topological polar surface area (TPSA) is 46.6 Å². The van der Waals surface area contributed by atoms with Crippen LogP contribution in [0.25, 0.3) is 6.08 Å². The summed E-state index contributed by atoms with van der Waals surface area (Å²) in [5.41, 5.74) is 1.82. The predicted molar refractivity (Wildman–Crippen MR) is 99.0 cm³/mol. The van der Waals surface area contributed by atoms with Gasteiger partial charge in [0.05, 0.1) is 0 Å². The van der Waals surface area contributed by atoms with Gasteiger partial charge < -0.3 is 9.64 Å². The van der Waals surface area contributed by atoms with Crippen LogP contribution in [0.3, 0.4) is 0 Å². The number of rotatable bonds is 7. The van der Waals surface area contributed by atoms with Crippen LogP contribution in [0.15, 0.2) is 60.7 Å². The summed E-state index contributed by atoms with van der Waals surface area (Å²) in [5, 5.41) is 0.588. The van der Waals surface area contributed by atoms with Gasteiger partial charge in [0.1, 0.15) is 0 Å². The molecule has 0 fully saturated rings. The predicted octanol–water partition coefficient (Wildman–Crippen LogP) is 3.95. The Kier molecular flexibility index (Phi) is 7.23. The number of nitrogens with zero attached hydrogens (tertiary/aromatic N) is 1. The van der Waals surface area contributed by atoms with Gasteiger partial charge in [0.2, 0.25) is 0 Å². The van der Waals surface area contributed by atoms with Crippen LogP contribution in [0.1, 0.15) is 18.1 Å². The van der Waals surface area contributed by atoms with Crippen molar-refractivity contribution in [1.82, 2.24) is 4.90 Å². The molecule has 0 aliphatic carbocycles. The van der Waals surface area contributed by atoms with Gasteiger partial charge in [-0.2, -0.15) is 0 Å². The molecule has 130 valence electrons. The average Bonchev–Trinajstić information content (AvgIpc) is 2.63. The van der Waals surface area contributed by atoms with Crippen molar-refractivity contribution < 1.29 is 14.3 Å². The summed E-state index contributed by atoms with van der Waals surface area (Å²) in [6.07, 6.45) is 2.88. The second-order valence-electron chi connectivity index (χ2n) is 5.39. The van der Waals surface area contributed by atoms with E-state index in [1.54, 1.807) is 29.2 Å². The number of halogens is 1. The molecule has 0 aromatic heterocycles. The van der Waals surface area contributed by atoms with E-state index < -0.39 is 5.97 Å². The first kappa shape index (κ1) is 18.7. The van der Waals surface area contributed by atoms with Crippen molar-refractivity contribution in [3.05, 3.63) is 76.8 Å². The van der Waals surface area contributed by atoms with Crippen LogP contribution in [0.2, 0.25) is 5.02 Å². The molecule has 0 saturated carbocycles. The van der Waals surface area contributed by atoms with Gasteiger partial charge in [-0.25, -0.2) is 4.79 Å². The van der Waals surface area contributed by atoms with Crippen LogP contribution < -0.4 is 0 Å². The largest absolute Gasteiger partial charge is 0.452 e. The highest BCUT2D eigenvalue weighted by Crippen LogP contribution is 2.12. The Balaban J connectivity index is 1.84. The molecule has 4 nitrogen and oxygen atoms in total. The van der Waals surface area contributed by atoms with E-state index in [4.69, 9.17) is 16.3 Å². The minimum atomic E-state index is -0.566. The third-order valence-electron chi connectivity index (χ3n) is 3.55. The van der Waals surface area contributed by atoms with E-state index in [1.165, 1.54) is 6.08 Å². The summed E-state index contributed by atoms with van der Waals surface area (Å²) in [7, 11) is 0. The summed E-state index contributed by atoms with van der Waals surface area (Å²) in [6, 6.07) is 16.8. The zero-order valence-electron chi connectivity index (χ0n) is 14.0. The lowest BCUT2D eigenvalue weighted by Crippen LogP contribution is -2.33. The van der Waals surface area contributed by atoms with Gasteiger partial charge in [0, 0.05) is 24.2 Å². The minimum absolute atomic E-state index is 0.226. The van der Waals surface area contributed by atoms with Gasteiger partial charge in [-0.05, 0) is 36.3 Å². The number of esters is 1. The van der Waals surface area contributed by atoms with Crippen LogP contribution in [0.5, 0.6) is 0 Å². The number of carbonyl (C=O) groups is 2. The summed E-state index contributed by atoms with van der Waals surface area (Å²) < 4.78 is 5.03. The first-order valence-electron chi connectivity index (χ1n) is 8.00. The van der Waals surface area contributed by atoms with Crippen LogP contribution >= 0.6 is 11.6 Å². The van der Waals surface area contributed by atoms with Crippen molar-refractivity contribution in [2.45, 2.75) is 13.5 Å². The van der Waals surface area contributed by atoms with Crippen LogP contribution in [-0.4, -0.2) is 29.9 Å². The molecule has 1 amide bonds. The highest BCUT2D eigenvalue weighted by molar-refractivity contribution is 6.30. The summed E-state index contributed by atoms with van der Waals surface area (Å²) in [5.74, 6) is -0.792. The fourth-order valence-corrected chi connectivity index (χ4v) is 2.43. The lowest BCUT2D eigenvalue weighted by molar-refractivity contribution is -0.148. The Hall–Kier alpha value is -2.59. The second-order valence-corrected chi connectivity index (χ2v) is 5.83. The van der Waals surface area contributed by atoms with E-state index in [0.717, 1.165) is 11.1 Å². The molecule has 5 heteroatoms. The Morgan fingerprint density at radius 1 is 1.12 bits per heavy atom. The third-order valence-corrected chi connectivity index (χ3v) is 3.78. The lowest BCUT2D eigenvalue weighted by atomic mass is 10.2.